The highest BCUT2D eigenvalue weighted by molar-refractivity contribution is 7.94. The van der Waals surface area contributed by atoms with Crippen molar-refractivity contribution in [2.45, 2.75) is 10.8 Å². The van der Waals surface area contributed by atoms with E-state index in [4.69, 9.17) is 10.2 Å². The van der Waals surface area contributed by atoms with Crippen LogP contribution in [0.4, 0.5) is 5.69 Å². The Labute approximate surface area is 118 Å². The van der Waals surface area contributed by atoms with E-state index in [-0.39, 0.29) is 16.5 Å². The van der Waals surface area contributed by atoms with Gasteiger partial charge in [-0.2, -0.15) is 0 Å². The molecule has 1 aromatic carbocycles. The van der Waals surface area contributed by atoms with Crippen LogP contribution >= 0.6 is 11.3 Å². The second-order valence-electron chi connectivity index (χ2n) is 3.71. The normalized spacial score (nSPS) is 11.2. The molecule has 0 spiro atoms. The smallest absolute Gasteiger partial charge is 0.356 e. The molecule has 7 nitrogen and oxygen atoms in total. The number of nitrogens with one attached hydrogen (secondary N) is 1. The number of nitrogens with zero attached hydrogens (tertiary/aromatic N) is 1. The summed E-state index contributed by atoms with van der Waals surface area (Å²) in [6.45, 7) is -0.340. The summed E-state index contributed by atoms with van der Waals surface area (Å²) in [5.41, 5.74) is 1.21. The first kappa shape index (κ1) is 14.4. The molecule has 0 saturated heterocycles. The Bertz CT molecular complexity index is 739. The first-order chi connectivity index (χ1) is 9.45. The Morgan fingerprint density at radius 1 is 1.35 bits per heavy atom. The van der Waals surface area contributed by atoms with Crippen molar-refractivity contribution in [1.29, 1.82) is 0 Å². The average Bonchev–Trinajstić information content (AvgIpc) is 2.89. The second-order valence-corrected chi connectivity index (χ2v) is 6.45. The van der Waals surface area contributed by atoms with Gasteiger partial charge in [-0.25, -0.2) is 18.2 Å². The molecule has 3 N–H and O–H groups in total. The molecular formula is C11H10N2O5S2. The lowest BCUT2D eigenvalue weighted by atomic mass is 10.2. The molecule has 0 unspecified atom stereocenters. The van der Waals surface area contributed by atoms with Crippen LogP contribution in [0.2, 0.25) is 0 Å². The van der Waals surface area contributed by atoms with Gasteiger partial charge in [-0.3, -0.25) is 4.72 Å². The van der Waals surface area contributed by atoms with Crippen LogP contribution in [0.25, 0.3) is 0 Å². The lowest BCUT2D eigenvalue weighted by Gasteiger charge is -2.10. The Hall–Kier alpha value is -1.97. The first-order valence-electron chi connectivity index (χ1n) is 5.34. The van der Waals surface area contributed by atoms with Gasteiger partial charge in [-0.05, 0) is 6.07 Å². The van der Waals surface area contributed by atoms with E-state index in [1.165, 1.54) is 6.07 Å². The van der Waals surface area contributed by atoms with Crippen molar-refractivity contribution in [3.8, 4) is 0 Å². The first-order valence-corrected chi connectivity index (χ1v) is 7.70. The maximum atomic E-state index is 12.2. The van der Waals surface area contributed by atoms with E-state index in [0.717, 1.165) is 5.51 Å². The van der Waals surface area contributed by atoms with Crippen LogP contribution in [0.15, 0.2) is 34.0 Å². The van der Waals surface area contributed by atoms with Crippen molar-refractivity contribution in [3.05, 3.63) is 41.0 Å². The Kier molecular flexibility index (Phi) is 4.02. The van der Waals surface area contributed by atoms with E-state index in [0.29, 0.717) is 16.9 Å². The molecule has 0 aliphatic heterocycles. The number of hydrogen-bond donors (Lipinski definition) is 3. The van der Waals surface area contributed by atoms with Crippen molar-refractivity contribution < 1.29 is 23.4 Å². The van der Waals surface area contributed by atoms with Crippen LogP contribution in [0, 0.1) is 0 Å². The summed E-state index contributed by atoms with van der Waals surface area (Å²) < 4.78 is 26.2. The molecular weight excluding hydrogens is 304 g/mol. The highest BCUT2D eigenvalue weighted by Crippen LogP contribution is 2.25. The number of thiazole rings is 1. The number of aromatic carboxylic acids is 1. The van der Waals surface area contributed by atoms with Crippen LogP contribution in [0.3, 0.4) is 0 Å². The summed E-state index contributed by atoms with van der Waals surface area (Å²) in [6, 6.07) is 6.29. The number of hydrogen-bond acceptors (Lipinski definition) is 6. The van der Waals surface area contributed by atoms with Gasteiger partial charge in [-0.15, -0.1) is 11.3 Å². The van der Waals surface area contributed by atoms with Crippen LogP contribution in [-0.4, -0.2) is 29.6 Å². The number of para-hydroxylation sites is 1. The molecule has 20 heavy (non-hydrogen) atoms. The molecule has 9 heteroatoms. The van der Waals surface area contributed by atoms with Gasteiger partial charge in [0.25, 0.3) is 10.0 Å². The standard InChI is InChI=1S/C11H10N2O5S2/c14-5-7-3-1-2-4-8(7)13-20(17,18)11-9(10(15)16)12-6-19-11/h1-4,6,13-14H,5H2,(H,15,16). The summed E-state index contributed by atoms with van der Waals surface area (Å²) in [5.74, 6) is -1.41. The van der Waals surface area contributed by atoms with E-state index in [1.54, 1.807) is 18.2 Å². The Morgan fingerprint density at radius 2 is 2.05 bits per heavy atom. The molecule has 0 radical (unpaired) electrons. The minimum absolute atomic E-state index is 0.194. The molecule has 0 saturated carbocycles. The minimum atomic E-state index is -4.06. The molecule has 1 aromatic heterocycles. The van der Waals surface area contributed by atoms with Crippen LogP contribution in [0.5, 0.6) is 0 Å². The van der Waals surface area contributed by atoms with Gasteiger partial charge in [0.1, 0.15) is 0 Å². The molecule has 0 atom stereocenters. The summed E-state index contributed by atoms with van der Waals surface area (Å²) in [6.07, 6.45) is 0. The number of carboxylic acids is 1. The zero-order valence-electron chi connectivity index (χ0n) is 9.98. The molecule has 2 rings (SSSR count). The maximum absolute atomic E-state index is 12.2. The summed E-state index contributed by atoms with van der Waals surface area (Å²) in [4.78, 5) is 14.4. The van der Waals surface area contributed by atoms with Crippen molar-refractivity contribution in [2.24, 2.45) is 0 Å². The van der Waals surface area contributed by atoms with E-state index < -0.39 is 21.7 Å². The van der Waals surface area contributed by atoms with Gasteiger partial charge >= 0.3 is 5.97 Å². The third kappa shape index (κ3) is 2.79. The van der Waals surface area contributed by atoms with Crippen molar-refractivity contribution >= 4 is 33.0 Å². The monoisotopic (exact) mass is 314 g/mol. The minimum Gasteiger partial charge on any atom is -0.476 e. The second kappa shape index (κ2) is 5.57. The zero-order chi connectivity index (χ0) is 14.8. The van der Waals surface area contributed by atoms with Crippen molar-refractivity contribution in [1.82, 2.24) is 4.98 Å². The molecule has 0 aliphatic carbocycles. The van der Waals surface area contributed by atoms with Crippen LogP contribution in [0.1, 0.15) is 16.1 Å². The number of carbonyl (C=O) groups is 1. The number of rotatable bonds is 5. The van der Waals surface area contributed by atoms with Gasteiger partial charge < -0.3 is 10.2 Å². The Balaban J connectivity index is 2.41. The fourth-order valence-electron chi connectivity index (χ4n) is 1.52. The topological polar surface area (TPSA) is 117 Å². The number of sulfonamides is 1. The SMILES string of the molecule is O=C(O)c1ncsc1S(=O)(=O)Nc1ccccc1CO. The van der Waals surface area contributed by atoms with Crippen molar-refractivity contribution in [3.63, 3.8) is 0 Å². The largest absolute Gasteiger partial charge is 0.476 e. The predicted octanol–water partition coefficient (Wildman–Crippen LogP) is 1.13. The molecule has 2 aromatic rings. The zero-order valence-corrected chi connectivity index (χ0v) is 11.6. The quantitative estimate of drug-likeness (QED) is 0.762. The van der Waals surface area contributed by atoms with Gasteiger partial charge in [0.05, 0.1) is 17.8 Å². The summed E-state index contributed by atoms with van der Waals surface area (Å²) in [5, 5.41) is 18.0. The molecule has 1 heterocycles. The lowest BCUT2D eigenvalue weighted by Crippen LogP contribution is -2.16. The van der Waals surface area contributed by atoms with Gasteiger partial charge in [0, 0.05) is 5.56 Å². The number of benzene rings is 1. The number of carboxylic acid groups (broad SMARTS) is 1. The predicted molar refractivity (Wildman–Crippen MR) is 72.2 cm³/mol. The van der Waals surface area contributed by atoms with Crippen molar-refractivity contribution in [2.75, 3.05) is 4.72 Å². The number of anilines is 1. The number of aromatic nitrogens is 1. The van der Waals surface area contributed by atoms with Crippen LogP contribution < -0.4 is 4.72 Å². The third-order valence-corrected chi connectivity index (χ3v) is 5.15. The fourth-order valence-corrected chi connectivity index (χ4v) is 3.76. The third-order valence-electron chi connectivity index (χ3n) is 2.41. The fraction of sp³-hybridized carbons (Fsp3) is 0.0909. The molecule has 106 valence electrons. The highest BCUT2D eigenvalue weighted by atomic mass is 32.2. The van der Waals surface area contributed by atoms with E-state index in [2.05, 4.69) is 9.71 Å². The maximum Gasteiger partial charge on any atom is 0.356 e. The van der Waals surface area contributed by atoms with E-state index in [1.807, 2.05) is 0 Å². The molecule has 0 bridgehead atoms. The average molecular weight is 314 g/mol. The Morgan fingerprint density at radius 3 is 2.70 bits per heavy atom. The van der Waals surface area contributed by atoms with Gasteiger partial charge in [0.2, 0.25) is 0 Å². The summed E-state index contributed by atoms with van der Waals surface area (Å²) >= 11 is 0.713. The van der Waals surface area contributed by atoms with Crippen LogP contribution in [-0.2, 0) is 16.6 Å². The van der Waals surface area contributed by atoms with E-state index in [9.17, 15) is 13.2 Å². The number of aliphatic hydroxyl groups is 1. The summed E-state index contributed by atoms with van der Waals surface area (Å²) in [7, 11) is -4.06. The molecule has 0 fully saturated rings. The van der Waals surface area contributed by atoms with Gasteiger partial charge in [-0.1, -0.05) is 18.2 Å². The molecule has 0 aliphatic rings. The van der Waals surface area contributed by atoms with E-state index >= 15 is 0 Å². The number of aliphatic hydroxyl groups excluding tert-OH is 1. The lowest BCUT2D eigenvalue weighted by molar-refractivity contribution is 0.0687. The van der Waals surface area contributed by atoms with Gasteiger partial charge in [0.15, 0.2) is 9.90 Å². The molecule has 0 amide bonds. The highest BCUT2D eigenvalue weighted by Gasteiger charge is 2.26.